The van der Waals surface area contributed by atoms with E-state index < -0.39 is 0 Å². The second-order valence-electron chi connectivity index (χ2n) is 5.88. The summed E-state index contributed by atoms with van der Waals surface area (Å²) in [5.74, 6) is 0.240. The van der Waals surface area contributed by atoms with Gasteiger partial charge in [0, 0.05) is 32.2 Å². The second kappa shape index (κ2) is 7.57. The number of carbonyl (C=O) groups is 1. The van der Waals surface area contributed by atoms with Gasteiger partial charge in [0.15, 0.2) is 0 Å². The highest BCUT2D eigenvalue weighted by Crippen LogP contribution is 2.23. The standard InChI is InChI=1S/C17H27N3O/c1-4-16(15-7-5-14(2)6-8-15)19(3)13-17(21)20-11-9-18-10-12-20/h5-8,16,18H,4,9-13H2,1-3H3. The van der Waals surface area contributed by atoms with Gasteiger partial charge in [-0.2, -0.15) is 0 Å². The zero-order chi connectivity index (χ0) is 15.2. The van der Waals surface area contributed by atoms with Crippen molar-refractivity contribution in [3.63, 3.8) is 0 Å². The molecular formula is C17H27N3O. The molecule has 4 nitrogen and oxygen atoms in total. The maximum Gasteiger partial charge on any atom is 0.236 e. The van der Waals surface area contributed by atoms with Crippen LogP contribution in [0.25, 0.3) is 0 Å². The van der Waals surface area contributed by atoms with E-state index in [1.54, 1.807) is 0 Å². The Hall–Kier alpha value is -1.39. The van der Waals surface area contributed by atoms with Gasteiger partial charge in [0.1, 0.15) is 0 Å². The van der Waals surface area contributed by atoms with Crippen molar-refractivity contribution in [2.45, 2.75) is 26.3 Å². The molecule has 1 N–H and O–H groups in total. The minimum Gasteiger partial charge on any atom is -0.339 e. The maximum atomic E-state index is 12.4. The molecule has 0 aromatic heterocycles. The molecule has 1 aromatic carbocycles. The van der Waals surface area contributed by atoms with Crippen LogP contribution in [0.15, 0.2) is 24.3 Å². The molecule has 116 valence electrons. The van der Waals surface area contributed by atoms with Crippen LogP contribution in [0.3, 0.4) is 0 Å². The van der Waals surface area contributed by atoms with E-state index in [1.165, 1.54) is 11.1 Å². The Bertz CT molecular complexity index is 452. The molecule has 4 heteroatoms. The third-order valence-electron chi connectivity index (χ3n) is 4.24. The average Bonchev–Trinajstić information content (AvgIpc) is 2.50. The lowest BCUT2D eigenvalue weighted by atomic mass is 10.0. The van der Waals surface area contributed by atoms with Crippen LogP contribution in [0.4, 0.5) is 0 Å². The summed E-state index contributed by atoms with van der Waals surface area (Å²) in [5, 5.41) is 3.28. The Labute approximate surface area is 128 Å². The number of piperazine rings is 1. The molecule has 0 aliphatic carbocycles. The monoisotopic (exact) mass is 289 g/mol. The molecular weight excluding hydrogens is 262 g/mol. The molecule has 1 amide bonds. The van der Waals surface area contributed by atoms with E-state index in [1.807, 2.05) is 11.9 Å². The SMILES string of the molecule is CCC(c1ccc(C)cc1)N(C)CC(=O)N1CCNCC1. The summed E-state index contributed by atoms with van der Waals surface area (Å²) in [6.45, 7) is 8.24. The summed E-state index contributed by atoms with van der Waals surface area (Å²) in [6, 6.07) is 8.94. The highest BCUT2D eigenvalue weighted by Gasteiger charge is 2.21. The van der Waals surface area contributed by atoms with E-state index in [0.717, 1.165) is 32.6 Å². The van der Waals surface area contributed by atoms with Crippen LogP contribution in [0.2, 0.25) is 0 Å². The van der Waals surface area contributed by atoms with Crippen molar-refractivity contribution in [3.8, 4) is 0 Å². The van der Waals surface area contributed by atoms with Crippen LogP contribution in [-0.4, -0.2) is 55.5 Å². The summed E-state index contributed by atoms with van der Waals surface area (Å²) >= 11 is 0. The molecule has 0 radical (unpaired) electrons. The Morgan fingerprint density at radius 3 is 2.48 bits per heavy atom. The normalized spacial score (nSPS) is 17.0. The number of likely N-dealkylation sites (N-methyl/N-ethyl adjacent to an activating group) is 1. The summed E-state index contributed by atoms with van der Waals surface area (Å²) in [4.78, 5) is 16.5. The second-order valence-corrected chi connectivity index (χ2v) is 5.88. The Kier molecular flexibility index (Phi) is 5.76. The summed E-state index contributed by atoms with van der Waals surface area (Å²) < 4.78 is 0. The van der Waals surface area contributed by atoms with Crippen molar-refractivity contribution in [2.75, 3.05) is 39.8 Å². The number of nitrogens with zero attached hydrogens (tertiary/aromatic N) is 2. The van der Waals surface area contributed by atoms with Gasteiger partial charge in [0.2, 0.25) is 5.91 Å². The molecule has 0 spiro atoms. The average molecular weight is 289 g/mol. The maximum absolute atomic E-state index is 12.4. The minimum absolute atomic E-state index is 0.240. The zero-order valence-electron chi connectivity index (χ0n) is 13.4. The fourth-order valence-corrected chi connectivity index (χ4v) is 2.93. The highest BCUT2D eigenvalue weighted by molar-refractivity contribution is 5.78. The first-order valence-electron chi connectivity index (χ1n) is 7.87. The van der Waals surface area contributed by atoms with Gasteiger partial charge in [-0.25, -0.2) is 0 Å². The lowest BCUT2D eigenvalue weighted by molar-refractivity contribution is -0.133. The van der Waals surface area contributed by atoms with E-state index in [2.05, 4.69) is 48.3 Å². The van der Waals surface area contributed by atoms with E-state index >= 15 is 0 Å². The molecule has 1 aliphatic heterocycles. The van der Waals surface area contributed by atoms with Gasteiger partial charge in [-0.05, 0) is 26.0 Å². The topological polar surface area (TPSA) is 35.6 Å². The van der Waals surface area contributed by atoms with E-state index in [4.69, 9.17) is 0 Å². The predicted molar refractivity (Wildman–Crippen MR) is 86.3 cm³/mol. The van der Waals surface area contributed by atoms with Crippen molar-refractivity contribution in [3.05, 3.63) is 35.4 Å². The van der Waals surface area contributed by atoms with Crippen LogP contribution in [0.5, 0.6) is 0 Å². The number of amides is 1. The lowest BCUT2D eigenvalue weighted by Crippen LogP contribution is -2.49. The largest absolute Gasteiger partial charge is 0.339 e. The first-order valence-corrected chi connectivity index (χ1v) is 7.87. The molecule has 1 unspecified atom stereocenters. The Morgan fingerprint density at radius 2 is 1.90 bits per heavy atom. The molecule has 1 saturated heterocycles. The van der Waals surface area contributed by atoms with Gasteiger partial charge < -0.3 is 10.2 Å². The summed E-state index contributed by atoms with van der Waals surface area (Å²) in [7, 11) is 2.05. The first kappa shape index (κ1) is 16.0. The van der Waals surface area contributed by atoms with E-state index in [9.17, 15) is 4.79 Å². The summed E-state index contributed by atoms with van der Waals surface area (Å²) in [6.07, 6.45) is 1.01. The van der Waals surface area contributed by atoms with Crippen LogP contribution >= 0.6 is 0 Å². The smallest absolute Gasteiger partial charge is 0.236 e. The molecule has 1 heterocycles. The number of benzene rings is 1. The van der Waals surface area contributed by atoms with Gasteiger partial charge in [-0.15, -0.1) is 0 Å². The zero-order valence-corrected chi connectivity index (χ0v) is 13.4. The molecule has 1 aromatic rings. The highest BCUT2D eigenvalue weighted by atomic mass is 16.2. The quantitative estimate of drug-likeness (QED) is 0.898. The number of hydrogen-bond donors (Lipinski definition) is 1. The van der Waals surface area contributed by atoms with Crippen molar-refractivity contribution in [1.29, 1.82) is 0 Å². The number of carbonyl (C=O) groups excluding carboxylic acids is 1. The molecule has 1 fully saturated rings. The Morgan fingerprint density at radius 1 is 1.29 bits per heavy atom. The minimum atomic E-state index is 0.240. The van der Waals surface area contributed by atoms with E-state index in [-0.39, 0.29) is 5.91 Å². The van der Waals surface area contributed by atoms with Gasteiger partial charge in [-0.3, -0.25) is 9.69 Å². The number of aryl methyl sites for hydroxylation is 1. The van der Waals surface area contributed by atoms with E-state index in [0.29, 0.717) is 12.6 Å². The number of hydrogen-bond acceptors (Lipinski definition) is 3. The van der Waals surface area contributed by atoms with Crippen LogP contribution in [0, 0.1) is 6.92 Å². The van der Waals surface area contributed by atoms with Crippen molar-refractivity contribution in [1.82, 2.24) is 15.1 Å². The van der Waals surface area contributed by atoms with Gasteiger partial charge >= 0.3 is 0 Å². The van der Waals surface area contributed by atoms with Crippen LogP contribution < -0.4 is 5.32 Å². The third kappa shape index (κ3) is 4.29. The van der Waals surface area contributed by atoms with Crippen molar-refractivity contribution >= 4 is 5.91 Å². The molecule has 1 aliphatic rings. The fraction of sp³-hybridized carbons (Fsp3) is 0.588. The van der Waals surface area contributed by atoms with Crippen molar-refractivity contribution in [2.24, 2.45) is 0 Å². The van der Waals surface area contributed by atoms with Crippen LogP contribution in [0.1, 0.15) is 30.5 Å². The Balaban J connectivity index is 1.97. The van der Waals surface area contributed by atoms with Gasteiger partial charge in [0.05, 0.1) is 6.54 Å². The van der Waals surface area contributed by atoms with Crippen molar-refractivity contribution < 1.29 is 4.79 Å². The molecule has 1 atom stereocenters. The van der Waals surface area contributed by atoms with Gasteiger partial charge in [-0.1, -0.05) is 36.8 Å². The van der Waals surface area contributed by atoms with Crippen LogP contribution in [-0.2, 0) is 4.79 Å². The molecule has 0 bridgehead atoms. The lowest BCUT2D eigenvalue weighted by Gasteiger charge is -2.32. The molecule has 2 rings (SSSR count). The summed E-state index contributed by atoms with van der Waals surface area (Å²) in [5.41, 5.74) is 2.56. The number of nitrogens with one attached hydrogen (secondary N) is 1. The fourth-order valence-electron chi connectivity index (χ4n) is 2.93. The van der Waals surface area contributed by atoms with Gasteiger partial charge in [0.25, 0.3) is 0 Å². The molecule has 21 heavy (non-hydrogen) atoms. The number of rotatable bonds is 5. The first-order chi connectivity index (χ1) is 10.1. The third-order valence-corrected chi connectivity index (χ3v) is 4.24. The predicted octanol–water partition coefficient (Wildman–Crippen LogP) is 1.81. The molecule has 0 saturated carbocycles.